The lowest BCUT2D eigenvalue weighted by atomic mass is 9.65. The van der Waals surface area contributed by atoms with Crippen LogP contribution in [0.2, 0.25) is 0 Å². The summed E-state index contributed by atoms with van der Waals surface area (Å²) in [5.41, 5.74) is 2.78. The number of urea groups is 1. The van der Waals surface area contributed by atoms with Crippen LogP contribution in [0.3, 0.4) is 0 Å². The molecule has 0 aromatic heterocycles. The lowest BCUT2D eigenvalue weighted by Crippen LogP contribution is -2.47. The van der Waals surface area contributed by atoms with Gasteiger partial charge in [-0.2, -0.15) is 0 Å². The summed E-state index contributed by atoms with van der Waals surface area (Å²) in [5, 5.41) is 13.3. The number of phenols is 1. The molecule has 3 aliphatic rings. The van der Waals surface area contributed by atoms with Crippen LogP contribution in [0.25, 0.3) is 0 Å². The number of fused-ring (bicyclic) bond motifs is 3. The molecule has 1 saturated heterocycles. The standard InChI is InChI=1S/C31H32N2O10S/c1-15(2)16-5-7-18(8-6-16)44(37,38)33-31(36)32-28-20-12-23-22(42-14-43-23)11-19(20)26(27-21(28)13-41-30(27)35)17-9-24(39-3)29(34)25(10-17)40-4/h5-12,15,21,26-28,34H,13-14H2,1-4H3,(H2,32,33,36)/t21-,26+,27-,28+/m0/s1. The molecule has 13 heteroatoms. The smallest absolute Gasteiger partial charge is 0.329 e. The van der Waals surface area contributed by atoms with Gasteiger partial charge in [0.2, 0.25) is 12.5 Å². The van der Waals surface area contributed by atoms with Gasteiger partial charge in [-0.25, -0.2) is 17.9 Å². The molecule has 3 aromatic carbocycles. The van der Waals surface area contributed by atoms with Crippen molar-refractivity contribution in [2.24, 2.45) is 11.8 Å². The maximum atomic E-state index is 13.3. The van der Waals surface area contributed by atoms with E-state index in [9.17, 15) is 23.1 Å². The van der Waals surface area contributed by atoms with E-state index in [0.29, 0.717) is 28.2 Å². The van der Waals surface area contributed by atoms with E-state index in [0.717, 1.165) is 5.56 Å². The van der Waals surface area contributed by atoms with Crippen molar-refractivity contribution in [2.45, 2.75) is 36.6 Å². The fraction of sp³-hybridized carbons (Fsp3) is 0.355. The molecule has 0 radical (unpaired) electrons. The number of aromatic hydroxyl groups is 1. The van der Waals surface area contributed by atoms with Crippen LogP contribution in [0.15, 0.2) is 53.4 Å². The molecule has 0 bridgehead atoms. The molecule has 2 aliphatic heterocycles. The van der Waals surface area contributed by atoms with Gasteiger partial charge in [0.05, 0.1) is 37.7 Å². The average molecular weight is 625 g/mol. The van der Waals surface area contributed by atoms with Crippen LogP contribution < -0.4 is 29.0 Å². The molecule has 0 unspecified atom stereocenters. The Hall–Kier alpha value is -4.65. The van der Waals surface area contributed by atoms with Gasteiger partial charge >= 0.3 is 12.0 Å². The summed E-state index contributed by atoms with van der Waals surface area (Å²) in [6.07, 6.45) is 0. The van der Waals surface area contributed by atoms with E-state index < -0.39 is 45.8 Å². The minimum Gasteiger partial charge on any atom is -0.502 e. The Labute approximate surface area is 254 Å². The number of hydrogen-bond acceptors (Lipinski definition) is 10. The van der Waals surface area contributed by atoms with Crippen molar-refractivity contribution in [1.29, 1.82) is 0 Å². The molecule has 1 fully saturated rings. The molecule has 0 spiro atoms. The molecule has 2 heterocycles. The Morgan fingerprint density at radius 2 is 1.57 bits per heavy atom. The monoisotopic (exact) mass is 624 g/mol. The van der Waals surface area contributed by atoms with Crippen molar-refractivity contribution in [1.82, 2.24) is 10.0 Å². The van der Waals surface area contributed by atoms with Crippen LogP contribution in [-0.4, -0.2) is 53.1 Å². The number of sulfonamides is 1. The quantitative estimate of drug-likeness (QED) is 0.329. The first-order chi connectivity index (χ1) is 21.0. The number of benzene rings is 3. The van der Waals surface area contributed by atoms with E-state index in [2.05, 4.69) is 10.0 Å². The maximum absolute atomic E-state index is 13.3. The Balaban J connectivity index is 1.40. The lowest BCUT2D eigenvalue weighted by Gasteiger charge is -2.39. The van der Waals surface area contributed by atoms with Gasteiger partial charge in [0.25, 0.3) is 10.0 Å². The van der Waals surface area contributed by atoms with Crippen molar-refractivity contribution in [2.75, 3.05) is 27.6 Å². The molecule has 2 amide bonds. The number of methoxy groups -OCH3 is 2. The molecule has 3 aromatic rings. The maximum Gasteiger partial charge on any atom is 0.329 e. The van der Waals surface area contributed by atoms with Gasteiger partial charge in [-0.15, -0.1) is 0 Å². The zero-order chi connectivity index (χ0) is 31.3. The summed E-state index contributed by atoms with van der Waals surface area (Å²) in [7, 11) is -1.39. The molecule has 44 heavy (non-hydrogen) atoms. The molecule has 0 saturated carbocycles. The van der Waals surface area contributed by atoms with Crippen LogP contribution in [0, 0.1) is 11.8 Å². The van der Waals surface area contributed by atoms with Crippen LogP contribution in [-0.2, 0) is 19.6 Å². The molecule has 232 valence electrons. The van der Waals surface area contributed by atoms with Crippen molar-refractivity contribution in [3.63, 3.8) is 0 Å². The Kier molecular flexibility index (Phi) is 7.44. The number of ether oxygens (including phenoxy) is 5. The molecule has 3 N–H and O–H groups in total. The van der Waals surface area contributed by atoms with E-state index in [-0.39, 0.29) is 41.5 Å². The second-order valence-electron chi connectivity index (χ2n) is 11.2. The van der Waals surface area contributed by atoms with E-state index >= 15 is 0 Å². The SMILES string of the molecule is COc1cc([C@@H]2c3cc4c(cc3[C@@H](NC(=O)NS(=O)(=O)c3ccc(C(C)C)cc3)[C@H]3COC(=O)[C@H]23)OCO4)cc(OC)c1O. The number of carbonyl (C=O) groups is 2. The minimum atomic E-state index is -4.20. The first-order valence-corrected chi connectivity index (χ1v) is 15.5. The van der Waals surface area contributed by atoms with Gasteiger partial charge in [0, 0.05) is 11.8 Å². The summed E-state index contributed by atoms with van der Waals surface area (Å²) in [4.78, 5) is 26.6. The largest absolute Gasteiger partial charge is 0.502 e. The topological polar surface area (TPSA) is 159 Å². The number of amides is 2. The second-order valence-corrected chi connectivity index (χ2v) is 12.9. The summed E-state index contributed by atoms with van der Waals surface area (Å²) in [6.45, 7) is 3.96. The highest BCUT2D eigenvalue weighted by atomic mass is 32.2. The molecule has 6 rings (SSSR count). The number of carbonyl (C=O) groups excluding carboxylic acids is 2. The normalized spacial score (nSPS) is 21.7. The van der Waals surface area contributed by atoms with E-state index in [1.165, 1.54) is 26.4 Å². The molecule has 4 atom stereocenters. The summed E-state index contributed by atoms with van der Waals surface area (Å²) in [5.74, 6) is -1.26. The first kappa shape index (κ1) is 29.4. The van der Waals surface area contributed by atoms with Gasteiger partial charge in [-0.3, -0.25) is 4.79 Å². The molecular formula is C31H32N2O10S. The van der Waals surface area contributed by atoms with Gasteiger partial charge in [-0.1, -0.05) is 26.0 Å². The predicted octanol–water partition coefficient (Wildman–Crippen LogP) is 3.93. The number of cyclic esters (lactones) is 1. The van der Waals surface area contributed by atoms with Crippen molar-refractivity contribution in [3.05, 3.63) is 70.8 Å². The van der Waals surface area contributed by atoms with Crippen LogP contribution in [0.4, 0.5) is 4.79 Å². The van der Waals surface area contributed by atoms with E-state index in [1.807, 2.05) is 13.8 Å². The van der Waals surface area contributed by atoms with E-state index in [1.54, 1.807) is 36.4 Å². The Bertz CT molecular complexity index is 1710. The van der Waals surface area contributed by atoms with Gasteiger partial charge < -0.3 is 34.1 Å². The highest BCUT2D eigenvalue weighted by Gasteiger charge is 2.53. The Morgan fingerprint density at radius 3 is 2.16 bits per heavy atom. The van der Waals surface area contributed by atoms with Gasteiger partial charge in [-0.05, 0) is 64.6 Å². The molecular weight excluding hydrogens is 592 g/mol. The fourth-order valence-corrected chi connectivity index (χ4v) is 7.14. The summed E-state index contributed by atoms with van der Waals surface area (Å²) in [6, 6.07) is 11.2. The second kappa shape index (κ2) is 11.1. The Morgan fingerprint density at radius 1 is 0.955 bits per heavy atom. The van der Waals surface area contributed by atoms with Crippen LogP contribution in [0.5, 0.6) is 28.7 Å². The minimum absolute atomic E-state index is 0.00886. The zero-order valence-electron chi connectivity index (χ0n) is 24.4. The van der Waals surface area contributed by atoms with Gasteiger partial charge in [0.15, 0.2) is 23.0 Å². The van der Waals surface area contributed by atoms with Crippen molar-refractivity contribution in [3.8, 4) is 28.7 Å². The van der Waals surface area contributed by atoms with Gasteiger partial charge in [0.1, 0.15) is 0 Å². The predicted molar refractivity (Wildman–Crippen MR) is 156 cm³/mol. The average Bonchev–Trinajstić information content (AvgIpc) is 3.62. The number of nitrogens with one attached hydrogen (secondary N) is 2. The summed E-state index contributed by atoms with van der Waals surface area (Å²) < 4.78 is 55.9. The number of hydrogen-bond donors (Lipinski definition) is 3. The third kappa shape index (κ3) is 5.00. The number of phenolic OH excluding ortho intramolecular Hbond substituents is 1. The zero-order valence-corrected chi connectivity index (χ0v) is 25.3. The van der Waals surface area contributed by atoms with E-state index in [4.69, 9.17) is 23.7 Å². The molecule has 1 aliphatic carbocycles. The highest BCUT2D eigenvalue weighted by Crippen LogP contribution is 2.55. The first-order valence-electron chi connectivity index (χ1n) is 14.0. The molecule has 12 nitrogen and oxygen atoms in total. The number of esters is 1. The number of rotatable bonds is 7. The third-order valence-corrected chi connectivity index (χ3v) is 9.77. The highest BCUT2D eigenvalue weighted by molar-refractivity contribution is 7.90. The van der Waals surface area contributed by atoms with Crippen LogP contribution in [0.1, 0.15) is 54.0 Å². The fourth-order valence-electron chi connectivity index (χ4n) is 6.22. The van der Waals surface area contributed by atoms with Crippen molar-refractivity contribution < 1.29 is 46.8 Å². The van der Waals surface area contributed by atoms with Crippen LogP contribution >= 0.6 is 0 Å². The lowest BCUT2D eigenvalue weighted by molar-refractivity contribution is -0.141. The third-order valence-electron chi connectivity index (χ3n) is 8.42. The van der Waals surface area contributed by atoms with Crippen molar-refractivity contribution >= 4 is 22.0 Å². The summed E-state index contributed by atoms with van der Waals surface area (Å²) >= 11 is 0.